The lowest BCUT2D eigenvalue weighted by Gasteiger charge is -2.41. The molecule has 5 rings (SSSR count). The molecule has 0 aliphatic rings. The number of anilines is 2. The number of azo groups is 2. The molecule has 0 bridgehead atoms. The largest absolute Gasteiger partial charge is 0.489 e. The molecule has 5 aromatic rings. The minimum atomic E-state index is -8.60. The maximum absolute atomic E-state index is 14.7. The van der Waals surface area contributed by atoms with Gasteiger partial charge >= 0.3 is 95.2 Å². The maximum Gasteiger partial charge on any atom is 0.460 e. The van der Waals surface area contributed by atoms with E-state index >= 15 is 0 Å². The number of halogens is 30. The van der Waals surface area contributed by atoms with Crippen LogP contribution in [0.4, 0.5) is 166 Å². The molecule has 0 atom stereocenters. The number of rotatable bonds is 60. The molecule has 0 saturated carbocycles. The number of hydrogen-bond donors (Lipinski definition) is 2. The van der Waals surface area contributed by atoms with Crippen molar-refractivity contribution in [2.75, 3.05) is 30.5 Å². The van der Waals surface area contributed by atoms with Gasteiger partial charge in [0.05, 0.1) is 42.6 Å². The molecule has 0 saturated heterocycles. The van der Waals surface area contributed by atoms with E-state index < -0.39 is 107 Å². The minimum Gasteiger partial charge on any atom is -0.489 e. The summed E-state index contributed by atoms with van der Waals surface area (Å²) in [4.78, 5) is 24.5. The molecule has 716 valence electrons. The molecule has 0 heterocycles. The zero-order valence-electron chi connectivity index (χ0n) is 69.0. The van der Waals surface area contributed by atoms with Gasteiger partial charge in [-0.15, -0.1) is 0 Å². The third-order valence-electron chi connectivity index (χ3n) is 20.1. The van der Waals surface area contributed by atoms with Gasteiger partial charge in [-0.25, -0.2) is 0 Å². The van der Waals surface area contributed by atoms with Crippen LogP contribution in [0.1, 0.15) is 225 Å². The number of ether oxygens (including phenoxy) is 5. The van der Waals surface area contributed by atoms with Crippen LogP contribution >= 0.6 is 0 Å². The van der Waals surface area contributed by atoms with Crippen LogP contribution in [0.2, 0.25) is 0 Å². The third kappa shape index (κ3) is 27.4. The first-order valence-electron chi connectivity index (χ1n) is 41.0. The SMILES string of the molecule is CCCCCCCCCCCCOc1c(COc2ccc(N=Nc3ccc(NC(=O)C(F)(F)C(F)(F)C(F)(F)C(F)(F)C(F)(F)C(F)(F)C(F)(F)F)cc3)cc2)cc(COc2ccc(N=Nc3ccc(NC(=O)C(F)(F)C(F)(F)C(F)(F)C(F)(F)C(F)(F)C(F)(F)C(F)(F)F)cc3)cc2)c(OCCCCCCCCCCCC)c1OCCCCCCCCCCCC. The van der Waals surface area contributed by atoms with Gasteiger partial charge < -0.3 is 34.3 Å². The van der Waals surface area contributed by atoms with Gasteiger partial charge in [-0.1, -0.05) is 194 Å². The van der Waals surface area contributed by atoms with Crippen molar-refractivity contribution in [3.05, 3.63) is 114 Å². The van der Waals surface area contributed by atoms with Gasteiger partial charge in [-0.3, -0.25) is 9.59 Å². The maximum atomic E-state index is 14.7. The van der Waals surface area contributed by atoms with Crippen LogP contribution in [-0.4, -0.2) is 115 Å². The summed E-state index contributed by atoms with van der Waals surface area (Å²) in [6, 6.07) is 18.6. The summed E-state index contributed by atoms with van der Waals surface area (Å²) < 4.78 is 447. The van der Waals surface area contributed by atoms with Crippen LogP contribution in [0.3, 0.4) is 0 Å². The fourth-order valence-electron chi connectivity index (χ4n) is 12.3. The lowest BCUT2D eigenvalue weighted by Crippen LogP contribution is -2.73. The highest BCUT2D eigenvalue weighted by atomic mass is 19.4. The normalized spacial score (nSPS) is 13.6. The molecule has 2 amide bonds. The van der Waals surface area contributed by atoms with Crippen LogP contribution in [0.25, 0.3) is 0 Å². The standard InChI is InChI=1S/C84H98F30N6O7/c1-4-7-10-13-16-19-22-25-28-31-50-123-66-56(54-126-64-46-42-62(43-47-64)119-117-60-38-34-58(35-39-60)115-69(121)71(85,86)73(89,90)75(93,94)77(97,98)79(101,102)81(105,106)83(109,110)111)53-57(67(124-51-32-29-26-23-20-17-14-11-8-5-2)68(66)125-52-33-30-27-24-21-18-15-12-9-6-3)55-127-65-48-44-63(45-49-65)120-118-61-40-36-59(37-41-61)116-70(122)72(87,88)74(91,92)76(95,96)78(99,100)80(103,104)82(107,108)84(112,113)114/h34-49,53H,4-33,50-52,54-55H2,1-3H3,(H,115,121)(H,116,122). The van der Waals surface area contributed by atoms with E-state index in [1.54, 1.807) is 6.07 Å². The summed E-state index contributed by atoms with van der Waals surface area (Å²) in [6.07, 6.45) is 14.7. The van der Waals surface area contributed by atoms with Gasteiger partial charge in [0, 0.05) is 22.5 Å². The van der Waals surface area contributed by atoms with E-state index in [0.717, 1.165) is 208 Å². The molecule has 43 heteroatoms. The second kappa shape index (κ2) is 47.1. The van der Waals surface area contributed by atoms with Gasteiger partial charge in [-0.2, -0.15) is 152 Å². The summed E-state index contributed by atoms with van der Waals surface area (Å²) in [7, 11) is 0. The molecule has 0 radical (unpaired) electrons. The van der Waals surface area contributed by atoms with Gasteiger partial charge in [0.25, 0.3) is 0 Å². The smallest absolute Gasteiger partial charge is 0.460 e. The average molecular weight is 1870 g/mol. The summed E-state index contributed by atoms with van der Waals surface area (Å²) in [6.45, 7) is 6.58. The van der Waals surface area contributed by atoms with Crippen LogP contribution < -0.4 is 34.3 Å². The van der Waals surface area contributed by atoms with Crippen molar-refractivity contribution < 1.29 is 165 Å². The highest BCUT2D eigenvalue weighted by Crippen LogP contribution is 2.65. The Morgan fingerprint density at radius 3 is 0.693 bits per heavy atom. The molecule has 0 spiro atoms. The van der Waals surface area contributed by atoms with E-state index in [1.165, 1.54) is 48.5 Å². The monoisotopic (exact) mass is 1870 g/mol. The Hall–Kier alpha value is -8.86. The molecule has 0 fully saturated rings. The number of carbonyl (C=O) groups is 2. The average Bonchev–Trinajstić information content (AvgIpc) is 0.703. The molecular weight excluding hydrogens is 1770 g/mol. The summed E-state index contributed by atoms with van der Waals surface area (Å²) in [5, 5.41) is 17.6. The van der Waals surface area contributed by atoms with Gasteiger partial charge in [0.2, 0.25) is 5.75 Å². The molecular formula is C84H98F30N6O7. The summed E-state index contributed by atoms with van der Waals surface area (Å²) in [5.74, 6) is -104. The van der Waals surface area contributed by atoms with Crippen molar-refractivity contribution in [1.82, 2.24) is 0 Å². The highest BCUT2D eigenvalue weighted by Gasteiger charge is 2.96. The number of nitrogens with zero attached hydrogens (tertiary/aromatic N) is 4. The Morgan fingerprint density at radius 2 is 0.457 bits per heavy atom. The van der Waals surface area contributed by atoms with E-state index in [4.69, 9.17) is 23.7 Å². The summed E-state index contributed by atoms with van der Waals surface area (Å²) in [5.41, 5.74) is -1.51. The van der Waals surface area contributed by atoms with E-state index in [0.29, 0.717) is 54.7 Å². The van der Waals surface area contributed by atoms with Crippen LogP contribution in [0.5, 0.6) is 28.7 Å². The van der Waals surface area contributed by atoms with Crippen molar-refractivity contribution >= 4 is 45.9 Å². The third-order valence-corrected chi connectivity index (χ3v) is 20.1. The minimum absolute atomic E-state index is 0.0777. The van der Waals surface area contributed by atoms with Crippen molar-refractivity contribution in [2.45, 2.75) is 310 Å². The van der Waals surface area contributed by atoms with E-state index in [9.17, 15) is 141 Å². The number of carbonyl (C=O) groups excluding carboxylic acids is 2. The predicted molar refractivity (Wildman–Crippen MR) is 410 cm³/mol. The summed E-state index contributed by atoms with van der Waals surface area (Å²) >= 11 is 0. The topological polar surface area (TPSA) is 154 Å². The number of unbranched alkanes of at least 4 members (excludes halogenated alkanes) is 27. The van der Waals surface area contributed by atoms with E-state index in [-0.39, 0.29) is 84.5 Å². The lowest BCUT2D eigenvalue weighted by atomic mass is 9.91. The number of benzene rings is 5. The Kier molecular flexibility index (Phi) is 40.3. The highest BCUT2D eigenvalue weighted by molar-refractivity contribution is 5.98. The molecule has 5 aromatic carbocycles. The first kappa shape index (κ1) is 109. The lowest BCUT2D eigenvalue weighted by molar-refractivity contribution is -0.449. The number of hydrogen-bond acceptors (Lipinski definition) is 11. The fourth-order valence-corrected chi connectivity index (χ4v) is 12.3. The van der Waals surface area contributed by atoms with Crippen molar-refractivity contribution in [1.29, 1.82) is 0 Å². The van der Waals surface area contributed by atoms with Crippen molar-refractivity contribution in [3.8, 4) is 28.7 Å². The second-order valence-electron chi connectivity index (χ2n) is 30.1. The van der Waals surface area contributed by atoms with Gasteiger partial charge in [-0.05, 0) is 122 Å². The Balaban J connectivity index is 1.46. The fraction of sp³-hybridized carbons (Fsp3) is 0.619. The van der Waals surface area contributed by atoms with Crippen LogP contribution in [0, 0.1) is 0 Å². The second-order valence-corrected chi connectivity index (χ2v) is 30.1. The predicted octanol–water partition coefficient (Wildman–Crippen LogP) is 31.2. The Labute approximate surface area is 712 Å². The van der Waals surface area contributed by atoms with E-state index in [2.05, 4.69) is 41.2 Å². The molecule has 0 aromatic heterocycles. The molecule has 2 N–H and O–H groups in total. The first-order chi connectivity index (χ1) is 59.2. The Morgan fingerprint density at radius 1 is 0.252 bits per heavy atom. The van der Waals surface area contributed by atoms with E-state index in [1.807, 2.05) is 0 Å². The zero-order valence-corrected chi connectivity index (χ0v) is 69.0. The quantitative estimate of drug-likeness (QED) is 0.0223. The van der Waals surface area contributed by atoms with Crippen molar-refractivity contribution in [3.63, 3.8) is 0 Å². The number of amides is 2. The number of nitrogens with one attached hydrogen (secondary N) is 2. The van der Waals surface area contributed by atoms with Gasteiger partial charge in [0.15, 0.2) is 11.5 Å². The van der Waals surface area contributed by atoms with Crippen LogP contribution in [0.15, 0.2) is 124 Å². The number of alkyl halides is 30. The van der Waals surface area contributed by atoms with Crippen LogP contribution in [-0.2, 0) is 22.8 Å². The molecule has 127 heavy (non-hydrogen) atoms. The van der Waals surface area contributed by atoms with Gasteiger partial charge in [0.1, 0.15) is 24.7 Å². The zero-order chi connectivity index (χ0) is 95.2. The Bertz CT molecular complexity index is 3960. The molecule has 0 aliphatic heterocycles. The molecule has 0 aliphatic carbocycles. The molecule has 0 unspecified atom stereocenters. The first-order valence-corrected chi connectivity index (χ1v) is 41.0. The van der Waals surface area contributed by atoms with Crippen molar-refractivity contribution in [2.24, 2.45) is 20.5 Å². The molecule has 13 nitrogen and oxygen atoms in total.